The van der Waals surface area contributed by atoms with Crippen molar-refractivity contribution in [1.82, 2.24) is 24.9 Å². The maximum absolute atomic E-state index is 13.2. The van der Waals surface area contributed by atoms with Gasteiger partial charge < -0.3 is 24.0 Å². The second-order valence-electron chi connectivity index (χ2n) is 6.92. The van der Waals surface area contributed by atoms with Crippen LogP contribution in [0.15, 0.2) is 10.7 Å². The van der Waals surface area contributed by atoms with Gasteiger partial charge in [0.2, 0.25) is 0 Å². The first-order valence-corrected chi connectivity index (χ1v) is 9.58. The van der Waals surface area contributed by atoms with E-state index in [2.05, 4.69) is 15.5 Å². The molecule has 2 aromatic heterocycles. The van der Waals surface area contributed by atoms with Crippen molar-refractivity contribution in [3.05, 3.63) is 34.7 Å². The van der Waals surface area contributed by atoms with Crippen molar-refractivity contribution in [2.75, 3.05) is 26.8 Å². The number of imidazole rings is 1. The zero-order valence-electron chi connectivity index (χ0n) is 16.8. The Balaban J connectivity index is 1.79. The first kappa shape index (κ1) is 20.1. The molecule has 0 saturated carbocycles. The monoisotopic (exact) mass is 389 g/mol. The Hall–Kier alpha value is -2.68. The molecular formula is C19H27N5O4. The number of aryl methyl sites for hydroxylation is 2. The summed E-state index contributed by atoms with van der Waals surface area (Å²) >= 11 is 0. The number of rotatable bonds is 7. The van der Waals surface area contributed by atoms with Crippen LogP contribution in [0.25, 0.3) is 0 Å². The van der Waals surface area contributed by atoms with Crippen LogP contribution in [0.1, 0.15) is 64.4 Å². The number of hydrogen-bond acceptors (Lipinski definition) is 6. The van der Waals surface area contributed by atoms with Crippen molar-refractivity contribution in [2.24, 2.45) is 0 Å². The molecule has 9 nitrogen and oxygen atoms in total. The van der Waals surface area contributed by atoms with Crippen molar-refractivity contribution < 1.29 is 18.8 Å². The second-order valence-corrected chi connectivity index (χ2v) is 6.92. The predicted molar refractivity (Wildman–Crippen MR) is 101 cm³/mol. The average Bonchev–Trinajstić information content (AvgIpc) is 3.26. The SMILES string of the molecule is CCCc1onc(C)c1C(=O)N1CCn2cc(C(=O)NCCOC)nc2C1C. The summed E-state index contributed by atoms with van der Waals surface area (Å²) in [6, 6.07) is -0.259. The number of fused-ring (bicyclic) bond motifs is 1. The van der Waals surface area contributed by atoms with E-state index in [1.165, 1.54) is 0 Å². The lowest BCUT2D eigenvalue weighted by atomic mass is 10.1. The lowest BCUT2D eigenvalue weighted by Crippen LogP contribution is -2.41. The number of nitrogens with zero attached hydrogens (tertiary/aromatic N) is 4. The van der Waals surface area contributed by atoms with Crippen LogP contribution in [0.2, 0.25) is 0 Å². The van der Waals surface area contributed by atoms with Gasteiger partial charge in [-0.1, -0.05) is 12.1 Å². The minimum absolute atomic E-state index is 0.102. The Bertz CT molecular complexity index is 857. The molecule has 152 valence electrons. The Morgan fingerprint density at radius 3 is 2.89 bits per heavy atom. The fraction of sp³-hybridized carbons (Fsp3) is 0.579. The largest absolute Gasteiger partial charge is 0.383 e. The van der Waals surface area contributed by atoms with E-state index < -0.39 is 0 Å². The van der Waals surface area contributed by atoms with Crippen LogP contribution in [0, 0.1) is 6.92 Å². The number of aromatic nitrogens is 3. The third-order valence-corrected chi connectivity index (χ3v) is 4.94. The third-order valence-electron chi connectivity index (χ3n) is 4.94. The van der Waals surface area contributed by atoms with E-state index in [9.17, 15) is 9.59 Å². The molecule has 1 aliphatic rings. The topological polar surface area (TPSA) is 102 Å². The molecule has 3 rings (SSSR count). The minimum Gasteiger partial charge on any atom is -0.383 e. The van der Waals surface area contributed by atoms with E-state index in [0.717, 1.165) is 6.42 Å². The number of ether oxygens (including phenoxy) is 1. The van der Waals surface area contributed by atoms with Gasteiger partial charge in [0, 0.05) is 39.4 Å². The maximum atomic E-state index is 13.2. The van der Waals surface area contributed by atoms with Gasteiger partial charge in [0.05, 0.1) is 18.3 Å². The van der Waals surface area contributed by atoms with E-state index in [-0.39, 0.29) is 17.9 Å². The molecule has 0 radical (unpaired) electrons. The molecule has 1 aliphatic heterocycles. The molecule has 2 aromatic rings. The predicted octanol–water partition coefficient (Wildman–Crippen LogP) is 1.73. The van der Waals surface area contributed by atoms with Crippen molar-refractivity contribution in [2.45, 2.75) is 46.2 Å². The number of carbonyl (C=O) groups is 2. The van der Waals surface area contributed by atoms with Crippen LogP contribution < -0.4 is 5.32 Å². The Morgan fingerprint density at radius 1 is 1.39 bits per heavy atom. The van der Waals surface area contributed by atoms with Crippen LogP contribution in [-0.2, 0) is 17.7 Å². The smallest absolute Gasteiger partial charge is 0.271 e. The number of amides is 2. The van der Waals surface area contributed by atoms with Gasteiger partial charge in [-0.05, 0) is 20.3 Å². The molecule has 1 unspecified atom stereocenters. The summed E-state index contributed by atoms with van der Waals surface area (Å²) in [5, 5.41) is 6.75. The molecule has 0 bridgehead atoms. The molecule has 1 N–H and O–H groups in total. The Kier molecular flexibility index (Phi) is 6.13. The summed E-state index contributed by atoms with van der Waals surface area (Å²) in [7, 11) is 1.58. The zero-order chi connectivity index (χ0) is 20.3. The van der Waals surface area contributed by atoms with Crippen molar-refractivity contribution in [3.63, 3.8) is 0 Å². The maximum Gasteiger partial charge on any atom is 0.271 e. The highest BCUT2D eigenvalue weighted by Crippen LogP contribution is 2.28. The molecule has 0 aliphatic carbocycles. The van der Waals surface area contributed by atoms with Gasteiger partial charge in [-0.15, -0.1) is 0 Å². The van der Waals surface area contributed by atoms with Gasteiger partial charge in [0.25, 0.3) is 11.8 Å². The third kappa shape index (κ3) is 3.80. The van der Waals surface area contributed by atoms with Gasteiger partial charge in [0.15, 0.2) is 0 Å². The van der Waals surface area contributed by atoms with E-state index in [4.69, 9.17) is 9.26 Å². The molecular weight excluding hydrogens is 362 g/mol. The van der Waals surface area contributed by atoms with Crippen molar-refractivity contribution in [1.29, 1.82) is 0 Å². The average molecular weight is 389 g/mol. The highest BCUT2D eigenvalue weighted by Gasteiger charge is 2.34. The number of nitrogens with one attached hydrogen (secondary N) is 1. The van der Waals surface area contributed by atoms with Gasteiger partial charge in [-0.2, -0.15) is 0 Å². The summed E-state index contributed by atoms with van der Waals surface area (Å²) < 4.78 is 12.2. The number of carbonyl (C=O) groups excluding carboxylic acids is 2. The van der Waals surface area contributed by atoms with Gasteiger partial charge in [-0.25, -0.2) is 4.98 Å². The van der Waals surface area contributed by atoms with Crippen molar-refractivity contribution in [3.8, 4) is 0 Å². The molecule has 0 saturated heterocycles. The Labute approximate surface area is 164 Å². The molecule has 0 aromatic carbocycles. The quantitative estimate of drug-likeness (QED) is 0.724. The highest BCUT2D eigenvalue weighted by atomic mass is 16.5. The van der Waals surface area contributed by atoms with Gasteiger partial charge in [0.1, 0.15) is 22.8 Å². The lowest BCUT2D eigenvalue weighted by Gasteiger charge is -2.33. The second kappa shape index (κ2) is 8.55. The number of methoxy groups -OCH3 is 1. The summed E-state index contributed by atoms with van der Waals surface area (Å²) in [6.07, 6.45) is 3.28. The minimum atomic E-state index is -0.259. The zero-order valence-corrected chi connectivity index (χ0v) is 16.8. The molecule has 2 amide bonds. The molecule has 3 heterocycles. The van der Waals surface area contributed by atoms with Crippen LogP contribution in [0.5, 0.6) is 0 Å². The summed E-state index contributed by atoms with van der Waals surface area (Å²) in [6.45, 7) is 7.71. The van der Waals surface area contributed by atoms with Crippen LogP contribution in [0.3, 0.4) is 0 Å². The van der Waals surface area contributed by atoms with E-state index in [1.807, 2.05) is 18.4 Å². The van der Waals surface area contributed by atoms with Gasteiger partial charge in [-0.3, -0.25) is 9.59 Å². The molecule has 28 heavy (non-hydrogen) atoms. The standard InChI is InChI=1S/C19H27N5O4/c1-5-6-15-16(12(2)22-28-15)19(26)24-9-8-23-11-14(21-17(23)13(24)3)18(25)20-7-10-27-4/h11,13H,5-10H2,1-4H3,(H,20,25). The van der Waals surface area contributed by atoms with Crippen LogP contribution in [-0.4, -0.2) is 58.2 Å². The van der Waals surface area contributed by atoms with Gasteiger partial charge >= 0.3 is 0 Å². The summed E-state index contributed by atoms with van der Waals surface area (Å²) in [4.78, 5) is 31.7. The van der Waals surface area contributed by atoms with E-state index in [1.54, 1.807) is 25.1 Å². The van der Waals surface area contributed by atoms with E-state index in [0.29, 0.717) is 61.2 Å². The fourth-order valence-electron chi connectivity index (χ4n) is 3.47. The number of hydrogen-bond donors (Lipinski definition) is 1. The van der Waals surface area contributed by atoms with E-state index >= 15 is 0 Å². The summed E-state index contributed by atoms with van der Waals surface area (Å²) in [5.41, 5.74) is 1.50. The fourth-order valence-corrected chi connectivity index (χ4v) is 3.47. The van der Waals surface area contributed by atoms with Crippen LogP contribution >= 0.6 is 0 Å². The first-order chi connectivity index (χ1) is 13.5. The molecule has 9 heteroatoms. The normalized spacial score (nSPS) is 16.1. The lowest BCUT2D eigenvalue weighted by molar-refractivity contribution is 0.0634. The molecule has 0 fully saturated rings. The highest BCUT2D eigenvalue weighted by molar-refractivity contribution is 5.96. The summed E-state index contributed by atoms with van der Waals surface area (Å²) in [5.74, 6) is 0.978. The van der Waals surface area contributed by atoms with Crippen molar-refractivity contribution >= 4 is 11.8 Å². The first-order valence-electron chi connectivity index (χ1n) is 9.58. The molecule has 0 spiro atoms. The Morgan fingerprint density at radius 2 is 2.18 bits per heavy atom. The molecule has 1 atom stereocenters. The van der Waals surface area contributed by atoms with Crippen LogP contribution in [0.4, 0.5) is 0 Å².